The van der Waals surface area contributed by atoms with Crippen LogP contribution in [0.2, 0.25) is 0 Å². The van der Waals surface area contributed by atoms with Gasteiger partial charge in [0.15, 0.2) is 6.10 Å². The van der Waals surface area contributed by atoms with Gasteiger partial charge in [-0.1, -0.05) is 6.92 Å². The lowest BCUT2D eigenvalue weighted by atomic mass is 10.2. The van der Waals surface area contributed by atoms with E-state index in [0.29, 0.717) is 19.4 Å². The summed E-state index contributed by atoms with van der Waals surface area (Å²) in [7, 11) is 0. The van der Waals surface area contributed by atoms with Gasteiger partial charge in [-0.3, -0.25) is 4.79 Å². The van der Waals surface area contributed by atoms with Gasteiger partial charge in [0.1, 0.15) is 6.04 Å². The summed E-state index contributed by atoms with van der Waals surface area (Å²) in [6.07, 6.45) is -0.190. The highest BCUT2D eigenvalue weighted by Gasteiger charge is 2.37. The number of carbonyl (C=O) groups excluding carboxylic acids is 2. The molecule has 96 valence electrons. The van der Waals surface area contributed by atoms with Crippen LogP contribution in [0.5, 0.6) is 0 Å². The van der Waals surface area contributed by atoms with Crippen molar-refractivity contribution in [2.75, 3.05) is 6.54 Å². The second kappa shape index (κ2) is 5.65. The maximum absolute atomic E-state index is 11.8. The number of carboxylic acids is 1. The minimum atomic E-state index is -1.16. The summed E-state index contributed by atoms with van der Waals surface area (Å²) >= 11 is 0. The van der Waals surface area contributed by atoms with E-state index in [1.54, 1.807) is 13.8 Å². The zero-order valence-corrected chi connectivity index (χ0v) is 10.0. The Bertz CT molecular complexity index is 328. The quantitative estimate of drug-likeness (QED) is 0.707. The molecule has 2 atom stereocenters. The first-order valence-electron chi connectivity index (χ1n) is 5.74. The lowest BCUT2D eigenvalue weighted by molar-refractivity contribution is -0.168. The van der Waals surface area contributed by atoms with Gasteiger partial charge in [-0.05, 0) is 19.8 Å². The van der Waals surface area contributed by atoms with Crippen molar-refractivity contribution in [3.63, 3.8) is 0 Å². The van der Waals surface area contributed by atoms with Crippen LogP contribution in [-0.4, -0.2) is 46.5 Å². The summed E-state index contributed by atoms with van der Waals surface area (Å²) in [5, 5.41) is 8.78. The van der Waals surface area contributed by atoms with Crippen molar-refractivity contribution in [1.82, 2.24) is 4.90 Å². The average Bonchev–Trinajstić information content (AvgIpc) is 2.66. The average molecular weight is 243 g/mol. The van der Waals surface area contributed by atoms with Gasteiger partial charge in [0, 0.05) is 13.0 Å². The molecule has 0 saturated carbocycles. The zero-order chi connectivity index (χ0) is 13.0. The fraction of sp³-hybridized carbons (Fsp3) is 0.727. The molecule has 0 aromatic carbocycles. The molecule has 6 heteroatoms. The molecule has 0 bridgehead atoms. The van der Waals surface area contributed by atoms with Crippen LogP contribution in [0.3, 0.4) is 0 Å². The summed E-state index contributed by atoms with van der Waals surface area (Å²) < 4.78 is 4.89. The van der Waals surface area contributed by atoms with Crippen molar-refractivity contribution in [3.8, 4) is 0 Å². The van der Waals surface area contributed by atoms with E-state index in [0.717, 1.165) is 0 Å². The number of likely N-dealkylation sites (tertiary alicyclic amines) is 1. The third kappa shape index (κ3) is 2.95. The number of aliphatic carboxylic acids is 1. The number of hydrogen-bond acceptors (Lipinski definition) is 4. The molecule has 1 aliphatic rings. The predicted octanol–water partition coefficient (Wildman–Crippen LogP) is 0.404. The van der Waals surface area contributed by atoms with Crippen molar-refractivity contribution in [1.29, 1.82) is 0 Å². The Morgan fingerprint density at radius 3 is 2.65 bits per heavy atom. The maximum Gasteiger partial charge on any atom is 0.345 e. The fourth-order valence-corrected chi connectivity index (χ4v) is 1.90. The third-order valence-electron chi connectivity index (χ3n) is 2.85. The number of esters is 1. The topological polar surface area (TPSA) is 83.9 Å². The lowest BCUT2D eigenvalue weighted by Gasteiger charge is -2.23. The van der Waals surface area contributed by atoms with Crippen molar-refractivity contribution < 1.29 is 24.2 Å². The SMILES string of the molecule is CCC(OC(=O)[C@@H]1CCC(=O)N1CC)C(=O)O. The van der Waals surface area contributed by atoms with Crippen molar-refractivity contribution in [2.45, 2.75) is 45.3 Å². The number of nitrogens with zero attached hydrogens (tertiary/aromatic N) is 1. The van der Waals surface area contributed by atoms with E-state index in [1.807, 2.05) is 0 Å². The Hall–Kier alpha value is -1.59. The number of ether oxygens (including phenoxy) is 1. The van der Waals surface area contributed by atoms with Crippen LogP contribution in [-0.2, 0) is 19.1 Å². The van der Waals surface area contributed by atoms with Gasteiger partial charge < -0.3 is 14.7 Å². The summed E-state index contributed by atoms with van der Waals surface area (Å²) in [6.45, 7) is 3.84. The van der Waals surface area contributed by atoms with Gasteiger partial charge >= 0.3 is 11.9 Å². The van der Waals surface area contributed by atoms with Crippen molar-refractivity contribution >= 4 is 17.8 Å². The van der Waals surface area contributed by atoms with Crippen LogP contribution in [0.15, 0.2) is 0 Å². The van der Waals surface area contributed by atoms with Crippen LogP contribution in [0.1, 0.15) is 33.1 Å². The predicted molar refractivity (Wildman–Crippen MR) is 58.2 cm³/mol. The standard InChI is InChI=1S/C11H17NO5/c1-3-8(10(14)15)17-11(16)7-5-6-9(13)12(7)4-2/h7-8H,3-6H2,1-2H3,(H,14,15)/t7-,8?/m0/s1. The highest BCUT2D eigenvalue weighted by molar-refractivity contribution is 5.89. The van der Waals surface area contributed by atoms with Gasteiger partial charge in [0.25, 0.3) is 0 Å². The molecular formula is C11H17NO5. The molecule has 0 radical (unpaired) electrons. The molecule has 1 amide bonds. The largest absolute Gasteiger partial charge is 0.479 e. The number of carbonyl (C=O) groups is 3. The monoisotopic (exact) mass is 243 g/mol. The molecule has 1 N–H and O–H groups in total. The maximum atomic E-state index is 11.8. The molecule has 17 heavy (non-hydrogen) atoms. The van der Waals surface area contributed by atoms with Crippen LogP contribution in [0.4, 0.5) is 0 Å². The number of carboxylic acid groups (broad SMARTS) is 1. The van der Waals surface area contributed by atoms with E-state index in [9.17, 15) is 14.4 Å². The molecule has 1 heterocycles. The second-order valence-corrected chi connectivity index (χ2v) is 3.91. The molecule has 6 nitrogen and oxygen atoms in total. The second-order valence-electron chi connectivity index (χ2n) is 3.91. The Balaban J connectivity index is 2.64. The number of rotatable bonds is 5. The Morgan fingerprint density at radius 1 is 1.53 bits per heavy atom. The highest BCUT2D eigenvalue weighted by atomic mass is 16.6. The first-order valence-corrected chi connectivity index (χ1v) is 5.74. The normalized spacial score (nSPS) is 21.4. The Kier molecular flexibility index (Phi) is 4.48. The van der Waals surface area contributed by atoms with E-state index >= 15 is 0 Å². The van der Waals surface area contributed by atoms with E-state index in [2.05, 4.69) is 0 Å². The molecule has 0 spiro atoms. The number of hydrogen-bond donors (Lipinski definition) is 1. The summed E-state index contributed by atoms with van der Waals surface area (Å²) in [5.41, 5.74) is 0. The minimum Gasteiger partial charge on any atom is -0.479 e. The number of likely N-dealkylation sites (N-methyl/N-ethyl adjacent to an activating group) is 1. The van der Waals surface area contributed by atoms with Crippen molar-refractivity contribution in [3.05, 3.63) is 0 Å². The van der Waals surface area contributed by atoms with Crippen LogP contribution in [0, 0.1) is 0 Å². The van der Waals surface area contributed by atoms with Gasteiger partial charge in [0.2, 0.25) is 5.91 Å². The molecule has 1 fully saturated rings. The van der Waals surface area contributed by atoms with Gasteiger partial charge in [0.05, 0.1) is 0 Å². The van der Waals surface area contributed by atoms with Gasteiger partial charge in [-0.25, -0.2) is 9.59 Å². The summed E-state index contributed by atoms with van der Waals surface area (Å²) in [6, 6.07) is -0.624. The zero-order valence-electron chi connectivity index (χ0n) is 10.0. The highest BCUT2D eigenvalue weighted by Crippen LogP contribution is 2.20. The lowest BCUT2D eigenvalue weighted by Crippen LogP contribution is -2.41. The van der Waals surface area contributed by atoms with E-state index in [4.69, 9.17) is 9.84 Å². The van der Waals surface area contributed by atoms with Crippen LogP contribution >= 0.6 is 0 Å². The van der Waals surface area contributed by atoms with Crippen LogP contribution in [0.25, 0.3) is 0 Å². The first-order chi connectivity index (χ1) is 8.01. The molecule has 1 saturated heterocycles. The molecule has 0 aromatic rings. The van der Waals surface area contributed by atoms with Gasteiger partial charge in [-0.15, -0.1) is 0 Å². The first kappa shape index (κ1) is 13.5. The third-order valence-corrected chi connectivity index (χ3v) is 2.85. The molecular weight excluding hydrogens is 226 g/mol. The van der Waals surface area contributed by atoms with E-state index in [-0.39, 0.29) is 12.3 Å². The van der Waals surface area contributed by atoms with Crippen molar-refractivity contribution in [2.24, 2.45) is 0 Å². The molecule has 0 aromatic heterocycles. The fourth-order valence-electron chi connectivity index (χ4n) is 1.90. The van der Waals surface area contributed by atoms with Crippen LogP contribution < -0.4 is 0 Å². The van der Waals surface area contributed by atoms with E-state index < -0.39 is 24.1 Å². The molecule has 1 unspecified atom stereocenters. The molecule has 1 aliphatic heterocycles. The van der Waals surface area contributed by atoms with E-state index in [1.165, 1.54) is 4.90 Å². The summed E-state index contributed by atoms with van der Waals surface area (Å²) in [4.78, 5) is 35.3. The number of amides is 1. The minimum absolute atomic E-state index is 0.0853. The van der Waals surface area contributed by atoms with Gasteiger partial charge in [-0.2, -0.15) is 0 Å². The molecule has 1 rings (SSSR count). The summed E-state index contributed by atoms with van der Waals surface area (Å²) in [5.74, 6) is -1.86. The Labute approximate surface area is 99.5 Å². The Morgan fingerprint density at radius 2 is 2.18 bits per heavy atom. The molecule has 0 aliphatic carbocycles. The smallest absolute Gasteiger partial charge is 0.345 e.